The van der Waals surface area contributed by atoms with Crippen molar-refractivity contribution < 1.29 is 19.0 Å². The first-order valence-corrected chi connectivity index (χ1v) is 11.5. The van der Waals surface area contributed by atoms with Gasteiger partial charge in [0.1, 0.15) is 0 Å². The second-order valence-electron chi connectivity index (χ2n) is 8.80. The van der Waals surface area contributed by atoms with E-state index < -0.39 is 14.1 Å². The first-order chi connectivity index (χ1) is 9.92. The van der Waals surface area contributed by atoms with Crippen LogP contribution in [0.4, 0.5) is 0 Å². The highest BCUT2D eigenvalue weighted by molar-refractivity contribution is 6.74. The molecular formula is C17H34O4Si. The third-order valence-corrected chi connectivity index (χ3v) is 9.92. The van der Waals surface area contributed by atoms with Crippen molar-refractivity contribution in [2.24, 2.45) is 0 Å². The number of aliphatic hydroxyl groups excluding tert-OH is 1. The van der Waals surface area contributed by atoms with Crippen molar-refractivity contribution in [2.75, 3.05) is 0 Å². The topological polar surface area (TPSA) is 47.9 Å². The van der Waals surface area contributed by atoms with Gasteiger partial charge in [0.05, 0.1) is 24.4 Å². The number of hydrogen-bond acceptors (Lipinski definition) is 4. The van der Waals surface area contributed by atoms with E-state index in [1.165, 1.54) is 0 Å². The molecular weight excluding hydrogens is 296 g/mol. The van der Waals surface area contributed by atoms with Crippen molar-refractivity contribution in [3.63, 3.8) is 0 Å². The van der Waals surface area contributed by atoms with E-state index in [-0.39, 0.29) is 29.5 Å². The Kier molecular flexibility index (Phi) is 5.16. The van der Waals surface area contributed by atoms with Crippen LogP contribution in [0, 0.1) is 0 Å². The summed E-state index contributed by atoms with van der Waals surface area (Å²) in [6.45, 7) is 15.5. The lowest BCUT2D eigenvalue weighted by atomic mass is 9.90. The Morgan fingerprint density at radius 2 is 1.59 bits per heavy atom. The molecule has 2 saturated heterocycles. The summed E-state index contributed by atoms with van der Waals surface area (Å²) >= 11 is 0. The molecule has 0 saturated carbocycles. The van der Waals surface area contributed by atoms with Crippen LogP contribution in [0.3, 0.4) is 0 Å². The van der Waals surface area contributed by atoms with Gasteiger partial charge in [0.2, 0.25) is 0 Å². The molecule has 0 aromatic carbocycles. The maximum Gasteiger partial charge on any atom is 0.192 e. The molecule has 1 N–H and O–H groups in total. The molecule has 5 atom stereocenters. The zero-order valence-corrected chi connectivity index (χ0v) is 16.3. The van der Waals surface area contributed by atoms with Gasteiger partial charge in [-0.3, -0.25) is 0 Å². The van der Waals surface area contributed by atoms with Gasteiger partial charge in [-0.1, -0.05) is 20.8 Å². The Balaban J connectivity index is 2.11. The molecule has 1 spiro atoms. The summed E-state index contributed by atoms with van der Waals surface area (Å²) < 4.78 is 18.9. The van der Waals surface area contributed by atoms with Crippen molar-refractivity contribution in [3.8, 4) is 0 Å². The van der Waals surface area contributed by atoms with Crippen LogP contribution in [0.25, 0.3) is 0 Å². The van der Waals surface area contributed by atoms with Gasteiger partial charge in [0.15, 0.2) is 14.1 Å². The average Bonchev–Trinajstić information content (AvgIpc) is 2.22. The number of rotatable bonds is 2. The summed E-state index contributed by atoms with van der Waals surface area (Å²) in [7, 11) is -1.81. The van der Waals surface area contributed by atoms with Gasteiger partial charge in [-0.2, -0.15) is 0 Å². The smallest absolute Gasteiger partial charge is 0.192 e. The zero-order valence-electron chi connectivity index (χ0n) is 15.3. The third kappa shape index (κ3) is 4.12. The van der Waals surface area contributed by atoms with Gasteiger partial charge in [-0.25, -0.2) is 0 Å². The normalized spacial score (nSPS) is 40.9. The van der Waals surface area contributed by atoms with Crippen LogP contribution >= 0.6 is 0 Å². The lowest BCUT2D eigenvalue weighted by Gasteiger charge is -2.50. The quantitative estimate of drug-likeness (QED) is 0.782. The maximum atomic E-state index is 10.1. The highest BCUT2D eigenvalue weighted by Gasteiger charge is 2.49. The fourth-order valence-corrected chi connectivity index (χ4v) is 4.81. The fourth-order valence-electron chi connectivity index (χ4n) is 3.44. The molecule has 0 aliphatic carbocycles. The Morgan fingerprint density at radius 1 is 1.05 bits per heavy atom. The molecule has 0 radical (unpaired) electrons. The molecule has 0 bridgehead atoms. The predicted octanol–water partition coefficient (Wildman–Crippen LogP) is 3.83. The van der Waals surface area contributed by atoms with Crippen LogP contribution in [0.1, 0.15) is 60.3 Å². The summed E-state index contributed by atoms with van der Waals surface area (Å²) in [6.07, 6.45) is 2.81. The van der Waals surface area contributed by atoms with E-state index in [1.807, 2.05) is 6.92 Å². The van der Waals surface area contributed by atoms with Gasteiger partial charge in [0.25, 0.3) is 0 Å². The lowest BCUT2D eigenvalue weighted by Crippen LogP contribution is -2.56. The molecule has 4 nitrogen and oxygen atoms in total. The van der Waals surface area contributed by atoms with E-state index in [4.69, 9.17) is 13.9 Å². The van der Waals surface area contributed by atoms with Gasteiger partial charge < -0.3 is 19.0 Å². The molecule has 22 heavy (non-hydrogen) atoms. The standard InChI is InChI=1S/C17H34O4Si/c1-12-8-14(18)10-17(19-12)11-15(9-13(2)20-17)21-22(6,7)16(3,4)5/h12-15,18H,8-11H2,1-7H3/t12-,13+,14+,15+,17+/m1/s1. The monoisotopic (exact) mass is 330 g/mol. The molecule has 0 aromatic heterocycles. The lowest BCUT2D eigenvalue weighted by molar-refractivity contribution is -0.332. The van der Waals surface area contributed by atoms with Crippen LogP contribution < -0.4 is 0 Å². The van der Waals surface area contributed by atoms with E-state index >= 15 is 0 Å². The second-order valence-corrected chi connectivity index (χ2v) is 13.6. The largest absolute Gasteiger partial charge is 0.414 e. The fraction of sp³-hybridized carbons (Fsp3) is 1.00. The highest BCUT2D eigenvalue weighted by atomic mass is 28.4. The number of hydrogen-bond donors (Lipinski definition) is 1. The summed E-state index contributed by atoms with van der Waals surface area (Å²) in [5.74, 6) is -0.665. The molecule has 2 aliphatic rings. The average molecular weight is 331 g/mol. The van der Waals surface area contributed by atoms with Gasteiger partial charge >= 0.3 is 0 Å². The first-order valence-electron chi connectivity index (χ1n) is 8.64. The first kappa shape index (κ1) is 18.4. The summed E-state index contributed by atoms with van der Waals surface area (Å²) in [6, 6.07) is 0. The number of ether oxygens (including phenoxy) is 2. The van der Waals surface area contributed by atoms with E-state index in [0.717, 1.165) is 12.8 Å². The maximum absolute atomic E-state index is 10.1. The molecule has 0 unspecified atom stereocenters. The molecule has 0 aromatic rings. The van der Waals surface area contributed by atoms with E-state index in [0.29, 0.717) is 12.8 Å². The Morgan fingerprint density at radius 3 is 2.09 bits per heavy atom. The van der Waals surface area contributed by atoms with Crippen LogP contribution in [-0.4, -0.2) is 43.6 Å². The second kappa shape index (κ2) is 6.17. The third-order valence-electron chi connectivity index (χ3n) is 5.38. The van der Waals surface area contributed by atoms with Gasteiger partial charge in [-0.05, 0) is 44.8 Å². The van der Waals surface area contributed by atoms with Crippen LogP contribution in [0.15, 0.2) is 0 Å². The van der Waals surface area contributed by atoms with E-state index in [2.05, 4.69) is 40.8 Å². The summed E-state index contributed by atoms with van der Waals surface area (Å²) in [4.78, 5) is 0. The van der Waals surface area contributed by atoms with Crippen molar-refractivity contribution in [1.82, 2.24) is 0 Å². The van der Waals surface area contributed by atoms with E-state index in [1.54, 1.807) is 0 Å². The van der Waals surface area contributed by atoms with Crippen molar-refractivity contribution >= 4 is 8.32 Å². The van der Waals surface area contributed by atoms with Gasteiger partial charge in [-0.15, -0.1) is 0 Å². The predicted molar refractivity (Wildman–Crippen MR) is 90.4 cm³/mol. The Hall–Kier alpha value is 0.0569. The molecule has 2 rings (SSSR count). The van der Waals surface area contributed by atoms with Crippen molar-refractivity contribution in [2.45, 2.75) is 109 Å². The highest BCUT2D eigenvalue weighted by Crippen LogP contribution is 2.43. The molecule has 5 heteroatoms. The molecule has 130 valence electrons. The Labute approximate surface area is 136 Å². The Bertz CT molecular complexity index is 375. The minimum absolute atomic E-state index is 0.0302. The zero-order chi connectivity index (χ0) is 16.8. The minimum atomic E-state index is -1.81. The molecule has 2 fully saturated rings. The molecule has 2 aliphatic heterocycles. The van der Waals surface area contributed by atoms with Crippen molar-refractivity contribution in [3.05, 3.63) is 0 Å². The van der Waals surface area contributed by atoms with Crippen LogP contribution in [0.5, 0.6) is 0 Å². The SMILES string of the molecule is C[C@@H]1C[C@H](O)C[C@]2(C[C@@H](O[Si](C)(C)C(C)(C)C)C[C@H](C)O2)O1. The summed E-state index contributed by atoms with van der Waals surface area (Å²) in [5, 5.41) is 10.3. The van der Waals surface area contributed by atoms with Crippen molar-refractivity contribution in [1.29, 1.82) is 0 Å². The van der Waals surface area contributed by atoms with Gasteiger partial charge in [0, 0.05) is 12.8 Å². The van der Waals surface area contributed by atoms with Crippen LogP contribution in [-0.2, 0) is 13.9 Å². The molecule has 2 heterocycles. The summed E-state index contributed by atoms with van der Waals surface area (Å²) in [5.41, 5.74) is 0. The van der Waals surface area contributed by atoms with Crippen LogP contribution in [0.2, 0.25) is 18.1 Å². The van der Waals surface area contributed by atoms with E-state index in [9.17, 15) is 5.11 Å². The number of aliphatic hydroxyl groups is 1. The minimum Gasteiger partial charge on any atom is -0.414 e. The molecule has 0 amide bonds.